The van der Waals surface area contributed by atoms with Crippen LogP contribution in [0.15, 0.2) is 145 Å². The van der Waals surface area contributed by atoms with Crippen LogP contribution in [-0.2, 0) is 27.1 Å². The van der Waals surface area contributed by atoms with Crippen molar-refractivity contribution in [2.24, 2.45) is 0 Å². The predicted octanol–water partition coefficient (Wildman–Crippen LogP) is 20.9. The Morgan fingerprint density at radius 1 is 0.472 bits per heavy atom. The first-order valence-corrected chi connectivity index (χ1v) is 27.6. The lowest BCUT2D eigenvalue weighted by Crippen LogP contribution is -2.34. The smallest absolute Gasteiger partial charge is 0.0647 e. The van der Waals surface area contributed by atoms with Gasteiger partial charge in [-0.1, -0.05) is 163 Å². The lowest BCUT2D eigenvalue weighted by Gasteiger charge is -2.42. The topological polar surface area (TPSA) is 6.48 Å². The predicted molar refractivity (Wildman–Crippen MR) is 315 cm³/mol. The lowest BCUT2D eigenvalue weighted by molar-refractivity contribution is 0.332. The van der Waals surface area contributed by atoms with Crippen molar-refractivity contribution in [1.29, 1.82) is 0 Å². The van der Waals surface area contributed by atoms with E-state index in [1.165, 1.54) is 113 Å². The maximum absolute atomic E-state index is 2.63. The van der Waals surface area contributed by atoms with E-state index in [2.05, 4.69) is 259 Å². The molecule has 2 nitrogen and oxygen atoms in total. The van der Waals surface area contributed by atoms with Crippen molar-refractivity contribution in [3.05, 3.63) is 189 Å². The molecule has 0 saturated heterocycles. The molecule has 1 heterocycles. The Bertz CT molecular complexity index is 3330. The highest BCUT2D eigenvalue weighted by Crippen LogP contribution is 2.54. The number of hydrogen-bond acceptors (Lipinski definition) is 3. The molecule has 0 atom stereocenters. The summed E-state index contributed by atoms with van der Waals surface area (Å²) < 4.78 is 1.36. The standard InChI is InChI=1S/C69H78N2S/c1-44(2)49-36-53(70(51-26-20-25-48(35-51)64-45(3)21-19-22-46(64)4)61-30-27-50(65(5,6)7)38-55(61)47-23-17-16-18-24-47)39-54(37-49)71(52-28-29-57-58(40-52)67(10,11)32-31-66(57,8)9)62-43-72-63-42-60-59(41-56(62)63)68(12,13)33-34-69(60,14)15/h16-30,35-44H,31-34H2,1-15H3. The van der Waals surface area contributed by atoms with Crippen LogP contribution in [0.2, 0.25) is 0 Å². The molecule has 0 spiro atoms. The maximum Gasteiger partial charge on any atom is 0.0647 e. The summed E-state index contributed by atoms with van der Waals surface area (Å²) in [6, 6.07) is 54.3. The first-order chi connectivity index (χ1) is 33.9. The summed E-state index contributed by atoms with van der Waals surface area (Å²) in [5, 5.41) is 3.79. The number of hydrogen-bond donors (Lipinski definition) is 0. The Kier molecular flexibility index (Phi) is 12.4. The van der Waals surface area contributed by atoms with Crippen molar-refractivity contribution >= 4 is 55.5 Å². The van der Waals surface area contributed by atoms with Crippen molar-refractivity contribution in [2.75, 3.05) is 9.80 Å². The van der Waals surface area contributed by atoms with E-state index in [0.29, 0.717) is 0 Å². The zero-order valence-corrected chi connectivity index (χ0v) is 46.9. The molecule has 0 radical (unpaired) electrons. The van der Waals surface area contributed by atoms with Crippen LogP contribution in [0.1, 0.15) is 166 Å². The van der Waals surface area contributed by atoms with E-state index in [1.807, 2.05) is 11.3 Å². The molecule has 2 aliphatic rings. The summed E-state index contributed by atoms with van der Waals surface area (Å²) in [5.74, 6) is 0.266. The minimum atomic E-state index is -0.0351. The number of nitrogens with zero attached hydrogens (tertiary/aromatic N) is 2. The van der Waals surface area contributed by atoms with Crippen LogP contribution in [0.5, 0.6) is 0 Å². The molecule has 3 heteroatoms. The van der Waals surface area contributed by atoms with Gasteiger partial charge in [0.2, 0.25) is 0 Å². The molecule has 370 valence electrons. The summed E-state index contributed by atoms with van der Waals surface area (Å²) >= 11 is 1.90. The van der Waals surface area contributed by atoms with Gasteiger partial charge in [0.1, 0.15) is 0 Å². The molecule has 0 saturated carbocycles. The van der Waals surface area contributed by atoms with Gasteiger partial charge in [-0.15, -0.1) is 11.3 Å². The van der Waals surface area contributed by atoms with Gasteiger partial charge in [0.05, 0.1) is 11.4 Å². The van der Waals surface area contributed by atoms with Crippen LogP contribution in [-0.4, -0.2) is 0 Å². The van der Waals surface area contributed by atoms with Gasteiger partial charge in [-0.3, -0.25) is 0 Å². The summed E-state index contributed by atoms with van der Waals surface area (Å²) in [6.07, 6.45) is 4.73. The fourth-order valence-electron chi connectivity index (χ4n) is 12.1. The third-order valence-electron chi connectivity index (χ3n) is 17.0. The van der Waals surface area contributed by atoms with Gasteiger partial charge < -0.3 is 9.80 Å². The van der Waals surface area contributed by atoms with E-state index in [1.54, 1.807) is 0 Å². The Morgan fingerprint density at radius 3 is 1.62 bits per heavy atom. The second-order valence-electron chi connectivity index (χ2n) is 25.6. The first kappa shape index (κ1) is 49.7. The fraction of sp³-hybridized carbons (Fsp3) is 0.362. The zero-order valence-electron chi connectivity index (χ0n) is 46.1. The number of thiophene rings is 1. The average molecular weight is 967 g/mol. The van der Waals surface area contributed by atoms with Crippen LogP contribution < -0.4 is 9.80 Å². The van der Waals surface area contributed by atoms with E-state index in [-0.39, 0.29) is 33.0 Å². The summed E-state index contributed by atoms with van der Waals surface area (Å²) in [5.41, 5.74) is 23.5. The molecule has 1 aromatic heterocycles. The van der Waals surface area contributed by atoms with Crippen LogP contribution in [0, 0.1) is 13.8 Å². The molecular weight excluding hydrogens is 889 g/mol. The third-order valence-corrected chi connectivity index (χ3v) is 18.0. The SMILES string of the molecule is Cc1cccc(C)c1-c1cccc(N(c2cc(C(C)C)cc(N(c3ccc4c(c3)C(C)(C)CCC4(C)C)c3csc4cc5c(cc34)C(C)(C)CCC5(C)C)c2)c2ccc(C(C)(C)C)cc2-c2ccccc2)c1. The molecule has 7 aromatic carbocycles. The van der Waals surface area contributed by atoms with Crippen molar-refractivity contribution < 1.29 is 0 Å². The number of rotatable bonds is 9. The van der Waals surface area contributed by atoms with Gasteiger partial charge in [0.25, 0.3) is 0 Å². The van der Waals surface area contributed by atoms with E-state index in [9.17, 15) is 0 Å². The lowest BCUT2D eigenvalue weighted by atomic mass is 9.63. The normalized spacial score (nSPS) is 16.6. The third kappa shape index (κ3) is 8.93. The molecule has 10 rings (SSSR count). The highest BCUT2D eigenvalue weighted by Gasteiger charge is 2.40. The number of aryl methyl sites for hydroxylation is 2. The summed E-state index contributed by atoms with van der Waals surface area (Å²) in [4.78, 5) is 5.19. The van der Waals surface area contributed by atoms with Crippen LogP contribution >= 0.6 is 11.3 Å². The molecule has 0 bridgehead atoms. The zero-order chi connectivity index (χ0) is 51.3. The minimum Gasteiger partial charge on any atom is -0.310 e. The Labute approximate surface area is 437 Å². The monoisotopic (exact) mass is 967 g/mol. The van der Waals surface area contributed by atoms with Crippen LogP contribution in [0.25, 0.3) is 32.3 Å². The van der Waals surface area contributed by atoms with Gasteiger partial charge in [-0.05, 0) is 200 Å². The average Bonchev–Trinajstić information content (AvgIpc) is 3.74. The molecular formula is C69H78N2S. The van der Waals surface area contributed by atoms with Gasteiger partial charge >= 0.3 is 0 Å². The number of anilines is 6. The molecule has 8 aromatic rings. The minimum absolute atomic E-state index is 0.0351. The Balaban J connectivity index is 1.28. The molecule has 0 amide bonds. The van der Waals surface area contributed by atoms with Crippen molar-refractivity contribution in [3.8, 4) is 22.3 Å². The molecule has 72 heavy (non-hydrogen) atoms. The Morgan fingerprint density at radius 2 is 1.01 bits per heavy atom. The second kappa shape index (κ2) is 17.9. The van der Waals surface area contributed by atoms with Crippen LogP contribution in [0.3, 0.4) is 0 Å². The fourth-order valence-corrected chi connectivity index (χ4v) is 13.1. The quantitative estimate of drug-likeness (QED) is 0.142. The summed E-state index contributed by atoms with van der Waals surface area (Å²) in [7, 11) is 0. The number of fused-ring (bicyclic) bond motifs is 3. The van der Waals surface area contributed by atoms with E-state index < -0.39 is 0 Å². The summed E-state index contributed by atoms with van der Waals surface area (Å²) in [6.45, 7) is 35.8. The highest BCUT2D eigenvalue weighted by atomic mass is 32.1. The van der Waals surface area contributed by atoms with E-state index in [0.717, 1.165) is 23.5 Å². The maximum atomic E-state index is 2.63. The molecule has 2 aliphatic carbocycles. The molecule has 0 fully saturated rings. The van der Waals surface area contributed by atoms with Crippen LogP contribution in [0.4, 0.5) is 34.1 Å². The van der Waals surface area contributed by atoms with E-state index >= 15 is 0 Å². The molecule has 0 unspecified atom stereocenters. The van der Waals surface area contributed by atoms with Crippen molar-refractivity contribution in [2.45, 2.75) is 163 Å². The van der Waals surface area contributed by atoms with Gasteiger partial charge in [0.15, 0.2) is 0 Å². The largest absolute Gasteiger partial charge is 0.310 e. The van der Waals surface area contributed by atoms with Gasteiger partial charge in [-0.2, -0.15) is 0 Å². The van der Waals surface area contributed by atoms with Gasteiger partial charge in [-0.25, -0.2) is 0 Å². The Hall–Kier alpha value is -5.90. The molecule has 0 aliphatic heterocycles. The molecule has 0 N–H and O–H groups in total. The highest BCUT2D eigenvalue weighted by molar-refractivity contribution is 7.17. The van der Waals surface area contributed by atoms with Crippen molar-refractivity contribution in [3.63, 3.8) is 0 Å². The van der Waals surface area contributed by atoms with E-state index in [4.69, 9.17) is 0 Å². The van der Waals surface area contributed by atoms with Gasteiger partial charge in [0, 0.05) is 43.8 Å². The second-order valence-corrected chi connectivity index (χ2v) is 26.5. The number of benzene rings is 7. The first-order valence-electron chi connectivity index (χ1n) is 26.8. The van der Waals surface area contributed by atoms with Crippen molar-refractivity contribution in [1.82, 2.24) is 0 Å².